The summed E-state index contributed by atoms with van der Waals surface area (Å²) in [6, 6.07) is 6.86. The molecule has 0 amide bonds. The Morgan fingerprint density at radius 1 is 1.29 bits per heavy atom. The van der Waals surface area contributed by atoms with Gasteiger partial charge in [-0.15, -0.1) is 0 Å². The average molecular weight is 291 g/mol. The SMILES string of the molecule is CN(C)C1CCN(Cc2cc(CNC3CC3)ccc2F)C1. The minimum Gasteiger partial charge on any atom is -0.310 e. The summed E-state index contributed by atoms with van der Waals surface area (Å²) < 4.78 is 14.0. The summed E-state index contributed by atoms with van der Waals surface area (Å²) in [6.07, 6.45) is 3.75. The molecule has 4 heteroatoms. The molecule has 0 aromatic heterocycles. The number of benzene rings is 1. The number of hydrogen-bond donors (Lipinski definition) is 1. The first-order chi connectivity index (χ1) is 10.1. The van der Waals surface area contributed by atoms with E-state index in [4.69, 9.17) is 0 Å². The highest BCUT2D eigenvalue weighted by Gasteiger charge is 2.24. The van der Waals surface area contributed by atoms with Crippen LogP contribution in [0, 0.1) is 5.82 Å². The molecule has 2 fully saturated rings. The molecule has 116 valence electrons. The summed E-state index contributed by atoms with van der Waals surface area (Å²) in [5.74, 6) is -0.0709. The van der Waals surface area contributed by atoms with Crippen LogP contribution in [0.25, 0.3) is 0 Å². The highest BCUT2D eigenvalue weighted by Crippen LogP contribution is 2.21. The van der Waals surface area contributed by atoms with E-state index in [1.54, 1.807) is 6.07 Å². The monoisotopic (exact) mass is 291 g/mol. The van der Waals surface area contributed by atoms with Crippen LogP contribution >= 0.6 is 0 Å². The first kappa shape index (κ1) is 14.9. The zero-order valence-corrected chi connectivity index (χ0v) is 13.1. The molecule has 1 aromatic carbocycles. The van der Waals surface area contributed by atoms with Crippen molar-refractivity contribution in [2.45, 2.75) is 44.4 Å². The second-order valence-corrected chi connectivity index (χ2v) is 6.72. The minimum absolute atomic E-state index is 0.0709. The molecule has 1 unspecified atom stereocenters. The van der Waals surface area contributed by atoms with Crippen LogP contribution < -0.4 is 5.32 Å². The summed E-state index contributed by atoms with van der Waals surface area (Å²) in [5.41, 5.74) is 2.03. The fourth-order valence-electron chi connectivity index (χ4n) is 3.03. The van der Waals surface area contributed by atoms with Crippen molar-refractivity contribution in [1.29, 1.82) is 0 Å². The number of likely N-dealkylation sites (tertiary alicyclic amines) is 1. The van der Waals surface area contributed by atoms with Crippen molar-refractivity contribution in [3.05, 3.63) is 35.1 Å². The fraction of sp³-hybridized carbons (Fsp3) is 0.647. The van der Waals surface area contributed by atoms with Crippen molar-refractivity contribution in [3.63, 3.8) is 0 Å². The standard InChI is InChI=1S/C17H26FN3/c1-20(2)16-7-8-21(12-16)11-14-9-13(3-6-17(14)18)10-19-15-4-5-15/h3,6,9,15-16,19H,4-5,7-8,10-12H2,1-2H3. The zero-order chi connectivity index (χ0) is 14.8. The number of hydrogen-bond acceptors (Lipinski definition) is 3. The van der Waals surface area contributed by atoms with Crippen LogP contribution in [0.4, 0.5) is 4.39 Å². The third-order valence-electron chi connectivity index (χ3n) is 4.65. The van der Waals surface area contributed by atoms with Crippen molar-refractivity contribution < 1.29 is 4.39 Å². The van der Waals surface area contributed by atoms with Crippen molar-refractivity contribution >= 4 is 0 Å². The van der Waals surface area contributed by atoms with Gasteiger partial charge in [-0.3, -0.25) is 4.90 Å². The van der Waals surface area contributed by atoms with Gasteiger partial charge in [-0.2, -0.15) is 0 Å². The van der Waals surface area contributed by atoms with Gasteiger partial charge in [-0.05, 0) is 45.0 Å². The van der Waals surface area contributed by atoms with Gasteiger partial charge in [0.25, 0.3) is 0 Å². The van der Waals surface area contributed by atoms with Crippen LogP contribution in [-0.4, -0.2) is 49.1 Å². The molecule has 1 aromatic rings. The van der Waals surface area contributed by atoms with Gasteiger partial charge in [0.15, 0.2) is 0 Å². The van der Waals surface area contributed by atoms with Crippen LogP contribution in [0.5, 0.6) is 0 Å². The van der Waals surface area contributed by atoms with Gasteiger partial charge in [0.05, 0.1) is 0 Å². The van der Waals surface area contributed by atoms with Crippen molar-refractivity contribution in [3.8, 4) is 0 Å². The molecule has 1 N–H and O–H groups in total. The maximum atomic E-state index is 14.0. The Morgan fingerprint density at radius 3 is 2.76 bits per heavy atom. The quantitative estimate of drug-likeness (QED) is 0.867. The van der Waals surface area contributed by atoms with E-state index in [9.17, 15) is 4.39 Å². The minimum atomic E-state index is -0.0709. The van der Waals surface area contributed by atoms with Crippen molar-refractivity contribution in [1.82, 2.24) is 15.1 Å². The number of nitrogens with one attached hydrogen (secondary N) is 1. The molecule has 0 bridgehead atoms. The first-order valence-corrected chi connectivity index (χ1v) is 8.01. The summed E-state index contributed by atoms with van der Waals surface area (Å²) >= 11 is 0. The van der Waals surface area contributed by atoms with Crippen LogP contribution in [0.1, 0.15) is 30.4 Å². The Hall–Kier alpha value is -0.970. The number of nitrogens with zero attached hydrogens (tertiary/aromatic N) is 2. The molecular formula is C17H26FN3. The third-order valence-corrected chi connectivity index (χ3v) is 4.65. The number of likely N-dealkylation sites (N-methyl/N-ethyl adjacent to an activating group) is 1. The second kappa shape index (κ2) is 6.42. The predicted octanol–water partition coefficient (Wildman–Crippen LogP) is 2.21. The highest BCUT2D eigenvalue weighted by molar-refractivity contribution is 5.25. The molecule has 0 radical (unpaired) electrons. The van der Waals surface area contributed by atoms with E-state index in [1.165, 1.54) is 24.8 Å². The molecule has 1 aliphatic carbocycles. The van der Waals surface area contributed by atoms with Gasteiger partial charge in [0.1, 0.15) is 5.82 Å². The van der Waals surface area contributed by atoms with E-state index >= 15 is 0 Å². The molecular weight excluding hydrogens is 265 g/mol. The lowest BCUT2D eigenvalue weighted by molar-refractivity contribution is 0.263. The molecule has 1 aliphatic heterocycles. The molecule has 21 heavy (non-hydrogen) atoms. The molecule has 2 aliphatic rings. The molecule has 1 saturated heterocycles. The van der Waals surface area contributed by atoms with Crippen molar-refractivity contribution in [2.75, 3.05) is 27.2 Å². The lowest BCUT2D eigenvalue weighted by Crippen LogP contribution is -2.31. The Balaban J connectivity index is 1.59. The van der Waals surface area contributed by atoms with E-state index in [2.05, 4.69) is 29.2 Å². The first-order valence-electron chi connectivity index (χ1n) is 8.01. The average Bonchev–Trinajstić information content (AvgIpc) is 3.17. The van der Waals surface area contributed by atoms with E-state index in [0.29, 0.717) is 12.1 Å². The Labute approximate surface area is 127 Å². The number of halogens is 1. The Bertz CT molecular complexity index is 485. The lowest BCUT2D eigenvalue weighted by atomic mass is 10.1. The molecule has 1 saturated carbocycles. The summed E-state index contributed by atoms with van der Waals surface area (Å²) in [7, 11) is 4.25. The van der Waals surface area contributed by atoms with Gasteiger partial charge in [-0.25, -0.2) is 4.39 Å². The fourth-order valence-corrected chi connectivity index (χ4v) is 3.03. The van der Waals surface area contributed by atoms with E-state index in [1.807, 2.05) is 12.1 Å². The summed E-state index contributed by atoms with van der Waals surface area (Å²) in [6.45, 7) is 3.69. The van der Waals surface area contributed by atoms with E-state index in [-0.39, 0.29) is 5.82 Å². The zero-order valence-electron chi connectivity index (χ0n) is 13.1. The smallest absolute Gasteiger partial charge is 0.127 e. The topological polar surface area (TPSA) is 18.5 Å². The normalized spacial score (nSPS) is 23.1. The van der Waals surface area contributed by atoms with E-state index in [0.717, 1.165) is 31.7 Å². The molecule has 0 spiro atoms. The second-order valence-electron chi connectivity index (χ2n) is 6.72. The maximum Gasteiger partial charge on any atom is 0.127 e. The molecule has 1 atom stereocenters. The van der Waals surface area contributed by atoms with Crippen molar-refractivity contribution in [2.24, 2.45) is 0 Å². The summed E-state index contributed by atoms with van der Waals surface area (Å²) in [4.78, 5) is 4.63. The molecule has 1 heterocycles. The third kappa shape index (κ3) is 4.02. The lowest BCUT2D eigenvalue weighted by Gasteiger charge is -2.20. The van der Waals surface area contributed by atoms with Crippen LogP contribution in [0.2, 0.25) is 0 Å². The van der Waals surface area contributed by atoms with Gasteiger partial charge < -0.3 is 10.2 Å². The van der Waals surface area contributed by atoms with E-state index < -0.39 is 0 Å². The van der Waals surface area contributed by atoms with Gasteiger partial charge in [-0.1, -0.05) is 12.1 Å². The molecule has 3 rings (SSSR count). The largest absolute Gasteiger partial charge is 0.310 e. The van der Waals surface area contributed by atoms with Crippen LogP contribution in [-0.2, 0) is 13.1 Å². The maximum absolute atomic E-state index is 14.0. The highest BCUT2D eigenvalue weighted by atomic mass is 19.1. The predicted molar refractivity (Wildman–Crippen MR) is 83.6 cm³/mol. The Morgan fingerprint density at radius 2 is 2.10 bits per heavy atom. The van der Waals surface area contributed by atoms with Crippen LogP contribution in [0.3, 0.4) is 0 Å². The van der Waals surface area contributed by atoms with Gasteiger partial charge in [0.2, 0.25) is 0 Å². The number of rotatable bonds is 6. The Kier molecular flexibility index (Phi) is 4.57. The molecule has 3 nitrogen and oxygen atoms in total. The van der Waals surface area contributed by atoms with Gasteiger partial charge in [0, 0.05) is 43.8 Å². The van der Waals surface area contributed by atoms with Gasteiger partial charge >= 0.3 is 0 Å². The summed E-state index contributed by atoms with van der Waals surface area (Å²) in [5, 5.41) is 3.49. The van der Waals surface area contributed by atoms with Crippen LogP contribution in [0.15, 0.2) is 18.2 Å².